The number of benzene rings is 3. The van der Waals surface area contributed by atoms with Crippen molar-refractivity contribution < 1.29 is 53.1 Å². The summed E-state index contributed by atoms with van der Waals surface area (Å²) in [4.78, 5) is 47.1. The van der Waals surface area contributed by atoms with E-state index >= 15 is 0 Å². The number of unbranched alkanes of at least 4 members (excludes halogenated alkanes) is 1. The van der Waals surface area contributed by atoms with Gasteiger partial charge in [0.25, 0.3) is 0 Å². The van der Waals surface area contributed by atoms with Crippen LogP contribution in [-0.2, 0) is 30.5 Å². The van der Waals surface area contributed by atoms with E-state index in [4.69, 9.17) is 33.9 Å². The van der Waals surface area contributed by atoms with E-state index in [1.54, 1.807) is 18.2 Å². The van der Waals surface area contributed by atoms with Crippen molar-refractivity contribution in [2.45, 2.75) is 26.4 Å². The Kier molecular flexibility index (Phi) is 11.5. The van der Waals surface area contributed by atoms with Crippen molar-refractivity contribution in [1.82, 2.24) is 0 Å². The third kappa shape index (κ3) is 10.6. The van der Waals surface area contributed by atoms with Gasteiger partial charge >= 0.3 is 23.9 Å². The summed E-state index contributed by atoms with van der Waals surface area (Å²) in [5.74, 6) is -3.32. The Morgan fingerprint density at radius 1 is 0.683 bits per heavy atom. The van der Waals surface area contributed by atoms with Crippen LogP contribution in [0.3, 0.4) is 0 Å². The molecule has 0 aliphatic heterocycles. The van der Waals surface area contributed by atoms with E-state index in [1.165, 1.54) is 30.3 Å². The minimum atomic E-state index is -1.21. The van der Waals surface area contributed by atoms with Crippen LogP contribution in [0.1, 0.15) is 35.7 Å². The van der Waals surface area contributed by atoms with Gasteiger partial charge in [0.1, 0.15) is 23.9 Å². The fourth-order valence-electron chi connectivity index (χ4n) is 3.48. The van der Waals surface area contributed by atoms with Crippen LogP contribution in [0.15, 0.2) is 66.7 Å². The van der Waals surface area contributed by atoms with Crippen molar-refractivity contribution in [2.24, 2.45) is 0 Å². The largest absolute Gasteiger partial charge is 0.482 e. The Morgan fingerprint density at radius 2 is 1.24 bits per heavy atom. The molecule has 3 rings (SSSR count). The maximum atomic E-state index is 12.9. The number of aliphatic carboxylic acids is 2. The highest BCUT2D eigenvalue weighted by molar-refractivity contribution is 5.92. The molecule has 0 saturated heterocycles. The van der Waals surface area contributed by atoms with Crippen molar-refractivity contribution in [3.8, 4) is 28.4 Å². The van der Waals surface area contributed by atoms with Crippen molar-refractivity contribution in [1.29, 1.82) is 0 Å². The van der Waals surface area contributed by atoms with E-state index in [-0.39, 0.29) is 36.0 Å². The molecule has 41 heavy (non-hydrogen) atoms. The molecule has 0 heterocycles. The number of rotatable bonds is 16. The molecule has 0 fully saturated rings. The Labute approximate surface area is 236 Å². The average molecular weight is 567 g/mol. The van der Waals surface area contributed by atoms with Crippen LogP contribution in [0.4, 0.5) is 0 Å². The molecule has 216 valence electrons. The van der Waals surface area contributed by atoms with Crippen molar-refractivity contribution in [2.75, 3.05) is 26.4 Å². The Hall–Kier alpha value is -5.06. The highest BCUT2D eigenvalue weighted by Gasteiger charge is 2.16. The average Bonchev–Trinajstić information content (AvgIpc) is 2.97. The molecule has 0 radical (unpaired) electrons. The third-order valence-electron chi connectivity index (χ3n) is 5.41. The minimum absolute atomic E-state index is 0.0140. The lowest BCUT2D eigenvalue weighted by Gasteiger charge is -2.14. The molecule has 0 atom stereocenters. The molecule has 0 amide bonds. The maximum absolute atomic E-state index is 12.9. The fraction of sp³-hybridized carbons (Fsp3) is 0.267. The molecule has 0 bridgehead atoms. The third-order valence-corrected chi connectivity index (χ3v) is 5.41. The van der Waals surface area contributed by atoms with Gasteiger partial charge in [-0.25, -0.2) is 19.2 Å². The molecule has 0 aliphatic rings. The summed E-state index contributed by atoms with van der Waals surface area (Å²) in [6.45, 7) is 0.548. The van der Waals surface area contributed by atoms with E-state index in [9.17, 15) is 19.2 Å². The zero-order valence-electron chi connectivity index (χ0n) is 22.4. The first kappa shape index (κ1) is 30.5. The van der Waals surface area contributed by atoms with Crippen LogP contribution in [0.2, 0.25) is 0 Å². The number of ether oxygens (including phenoxy) is 5. The van der Waals surface area contributed by atoms with Crippen LogP contribution >= 0.6 is 0 Å². The predicted octanol–water partition coefficient (Wildman–Crippen LogP) is 4.36. The summed E-state index contributed by atoms with van der Waals surface area (Å²) in [5, 5.41) is 18.1. The van der Waals surface area contributed by atoms with Crippen molar-refractivity contribution in [3.05, 3.63) is 77.9 Å². The lowest BCUT2D eigenvalue weighted by molar-refractivity contribution is -0.146. The minimum Gasteiger partial charge on any atom is -0.482 e. The highest BCUT2D eigenvalue weighted by atomic mass is 16.6. The summed E-state index contributed by atoms with van der Waals surface area (Å²) in [5.41, 5.74) is 1.64. The van der Waals surface area contributed by atoms with Gasteiger partial charge in [-0.3, -0.25) is 0 Å². The standard InChI is InChI=1S/C30H30O11/c1-2-3-9-37-29(35)19-40-26-13-22(12-25(15-26)39-18-28(33)34)21-10-23(14-24(11-21)38-17-27(31)32)30(36)41-16-20-7-5-4-6-8-20/h4-8,10-15H,2-3,9,16-19H2,1H3,(H,31,32)(H,33,34). The van der Waals surface area contributed by atoms with Gasteiger partial charge in [0.05, 0.1) is 12.2 Å². The van der Waals surface area contributed by atoms with Gasteiger partial charge in [-0.2, -0.15) is 0 Å². The second-order valence-electron chi connectivity index (χ2n) is 8.73. The van der Waals surface area contributed by atoms with Crippen molar-refractivity contribution >= 4 is 23.9 Å². The molecule has 0 unspecified atom stereocenters. The maximum Gasteiger partial charge on any atom is 0.344 e. The van der Waals surface area contributed by atoms with Crippen LogP contribution in [0.5, 0.6) is 17.2 Å². The van der Waals surface area contributed by atoms with E-state index in [2.05, 4.69) is 0 Å². The molecule has 3 aromatic rings. The lowest BCUT2D eigenvalue weighted by Crippen LogP contribution is -2.15. The molecule has 3 aromatic carbocycles. The molecule has 11 heteroatoms. The molecular weight excluding hydrogens is 536 g/mol. The molecular formula is C30H30O11. The van der Waals surface area contributed by atoms with Crippen molar-refractivity contribution in [3.63, 3.8) is 0 Å². The number of hydrogen-bond donors (Lipinski definition) is 2. The summed E-state index contributed by atoms with van der Waals surface area (Å²) in [7, 11) is 0. The van der Waals surface area contributed by atoms with Gasteiger partial charge in [-0.1, -0.05) is 43.7 Å². The fourth-order valence-corrected chi connectivity index (χ4v) is 3.48. The van der Waals surface area contributed by atoms with Gasteiger partial charge in [-0.05, 0) is 53.4 Å². The Morgan fingerprint density at radius 3 is 1.83 bits per heavy atom. The second kappa shape index (κ2) is 15.5. The first-order valence-corrected chi connectivity index (χ1v) is 12.7. The topological polar surface area (TPSA) is 155 Å². The van der Waals surface area contributed by atoms with E-state index in [0.717, 1.165) is 12.0 Å². The van der Waals surface area contributed by atoms with E-state index in [1.807, 2.05) is 25.1 Å². The van der Waals surface area contributed by atoms with Gasteiger partial charge in [0.15, 0.2) is 19.8 Å². The number of hydrogen-bond acceptors (Lipinski definition) is 9. The summed E-state index contributed by atoms with van der Waals surface area (Å²) in [6, 6.07) is 17.9. The van der Waals surface area contributed by atoms with Crippen LogP contribution in [0, 0.1) is 0 Å². The molecule has 0 spiro atoms. The summed E-state index contributed by atoms with van der Waals surface area (Å²) < 4.78 is 26.8. The van der Waals surface area contributed by atoms with Crippen LogP contribution in [0.25, 0.3) is 11.1 Å². The second-order valence-corrected chi connectivity index (χ2v) is 8.73. The molecule has 0 saturated carbocycles. The van der Waals surface area contributed by atoms with E-state index in [0.29, 0.717) is 17.5 Å². The summed E-state index contributed by atoms with van der Waals surface area (Å²) in [6.07, 6.45) is 1.57. The predicted molar refractivity (Wildman–Crippen MR) is 145 cm³/mol. The zero-order chi connectivity index (χ0) is 29.6. The first-order valence-electron chi connectivity index (χ1n) is 12.7. The number of carbonyl (C=O) groups excluding carboxylic acids is 2. The molecule has 11 nitrogen and oxygen atoms in total. The first-order chi connectivity index (χ1) is 19.7. The number of carbonyl (C=O) groups is 4. The van der Waals surface area contributed by atoms with Crippen LogP contribution in [-0.4, -0.2) is 60.5 Å². The number of esters is 2. The van der Waals surface area contributed by atoms with Crippen LogP contribution < -0.4 is 14.2 Å². The van der Waals surface area contributed by atoms with Gasteiger partial charge < -0.3 is 33.9 Å². The normalized spacial score (nSPS) is 10.4. The molecule has 2 N–H and O–H groups in total. The zero-order valence-corrected chi connectivity index (χ0v) is 22.4. The van der Waals surface area contributed by atoms with Gasteiger partial charge in [0.2, 0.25) is 0 Å². The smallest absolute Gasteiger partial charge is 0.344 e. The molecule has 0 aliphatic carbocycles. The summed E-state index contributed by atoms with van der Waals surface area (Å²) >= 11 is 0. The highest BCUT2D eigenvalue weighted by Crippen LogP contribution is 2.33. The van der Waals surface area contributed by atoms with E-state index < -0.39 is 43.7 Å². The Bertz CT molecular complexity index is 1350. The van der Waals surface area contributed by atoms with Gasteiger partial charge in [0, 0.05) is 6.07 Å². The number of carboxylic acids is 2. The van der Waals surface area contributed by atoms with Gasteiger partial charge in [-0.15, -0.1) is 0 Å². The lowest BCUT2D eigenvalue weighted by atomic mass is 10.0. The quantitative estimate of drug-likeness (QED) is 0.188. The SMILES string of the molecule is CCCCOC(=O)COc1cc(OCC(=O)O)cc(-c2cc(OCC(=O)O)cc(C(=O)OCc3ccccc3)c2)c1. The number of carboxylic acid groups (broad SMARTS) is 2. The molecule has 0 aromatic heterocycles. The Balaban J connectivity index is 1.92. The monoisotopic (exact) mass is 566 g/mol.